The largest absolute Gasteiger partial charge is 0.479 e. The van der Waals surface area contributed by atoms with Gasteiger partial charge in [0.15, 0.2) is 12.4 Å². The molecule has 0 heterocycles. The maximum absolute atomic E-state index is 10.5. The standard InChI is InChI=1S/C9H16O7/c1-4(11)7(13)8(6(12)3-10)16-5(2)9(14)15/h3-8,11-13H,1-2H3,(H,14,15)/t4-,5?,6-,7-,8-/m0/s1. The minimum absolute atomic E-state index is 0.102. The second kappa shape index (κ2) is 6.54. The molecule has 94 valence electrons. The van der Waals surface area contributed by atoms with Gasteiger partial charge in [-0.2, -0.15) is 0 Å². The molecular formula is C9H16O7. The SMILES string of the molecule is CC(O[C@H]([C@@H](O)[C@H](C)O)[C@@H](O)C=O)C(=O)O. The minimum atomic E-state index is -1.70. The van der Waals surface area contributed by atoms with E-state index in [1.54, 1.807) is 0 Å². The van der Waals surface area contributed by atoms with E-state index in [1.807, 2.05) is 0 Å². The normalized spacial score (nSPS) is 20.6. The molecule has 0 aromatic carbocycles. The van der Waals surface area contributed by atoms with E-state index in [-0.39, 0.29) is 6.29 Å². The summed E-state index contributed by atoms with van der Waals surface area (Å²) >= 11 is 0. The van der Waals surface area contributed by atoms with Crippen LogP contribution >= 0.6 is 0 Å². The van der Waals surface area contributed by atoms with Gasteiger partial charge in [0.1, 0.15) is 18.3 Å². The van der Waals surface area contributed by atoms with Crippen molar-refractivity contribution in [2.75, 3.05) is 0 Å². The van der Waals surface area contributed by atoms with E-state index in [0.717, 1.165) is 0 Å². The van der Waals surface area contributed by atoms with E-state index in [0.29, 0.717) is 0 Å². The molecule has 1 unspecified atom stereocenters. The molecule has 16 heavy (non-hydrogen) atoms. The summed E-state index contributed by atoms with van der Waals surface area (Å²) in [5.41, 5.74) is 0. The smallest absolute Gasteiger partial charge is 0.332 e. The molecule has 0 bridgehead atoms. The molecule has 0 aromatic heterocycles. The van der Waals surface area contributed by atoms with Gasteiger partial charge < -0.3 is 30.0 Å². The molecule has 0 saturated heterocycles. The van der Waals surface area contributed by atoms with Gasteiger partial charge in [-0.15, -0.1) is 0 Å². The highest BCUT2D eigenvalue weighted by Crippen LogP contribution is 2.11. The van der Waals surface area contributed by atoms with Gasteiger partial charge in [0.2, 0.25) is 0 Å². The molecule has 0 amide bonds. The van der Waals surface area contributed by atoms with Gasteiger partial charge >= 0.3 is 5.97 Å². The fourth-order valence-electron chi connectivity index (χ4n) is 1.01. The number of aldehydes is 1. The third-order valence-electron chi connectivity index (χ3n) is 2.02. The van der Waals surface area contributed by atoms with E-state index >= 15 is 0 Å². The van der Waals surface area contributed by atoms with Crippen LogP contribution in [0.15, 0.2) is 0 Å². The maximum Gasteiger partial charge on any atom is 0.332 e. The van der Waals surface area contributed by atoms with Crippen molar-refractivity contribution in [1.29, 1.82) is 0 Å². The molecule has 0 rings (SSSR count). The first kappa shape index (κ1) is 15.0. The second-order valence-electron chi connectivity index (χ2n) is 3.44. The highest BCUT2D eigenvalue weighted by atomic mass is 16.5. The number of aliphatic hydroxyl groups is 3. The van der Waals surface area contributed by atoms with Gasteiger partial charge in [0, 0.05) is 0 Å². The van der Waals surface area contributed by atoms with Gasteiger partial charge in [0.05, 0.1) is 6.10 Å². The number of carbonyl (C=O) groups is 2. The third kappa shape index (κ3) is 4.23. The summed E-state index contributed by atoms with van der Waals surface area (Å²) in [5, 5.41) is 36.3. The molecule has 0 radical (unpaired) electrons. The third-order valence-corrected chi connectivity index (χ3v) is 2.02. The zero-order chi connectivity index (χ0) is 12.9. The van der Waals surface area contributed by atoms with Gasteiger partial charge in [-0.1, -0.05) is 0 Å². The molecule has 7 nitrogen and oxygen atoms in total. The molecular weight excluding hydrogens is 220 g/mol. The summed E-state index contributed by atoms with van der Waals surface area (Å²) in [6.45, 7) is 2.41. The van der Waals surface area contributed by atoms with Gasteiger partial charge in [-0.25, -0.2) is 4.79 Å². The number of hydrogen-bond donors (Lipinski definition) is 4. The second-order valence-corrected chi connectivity index (χ2v) is 3.44. The molecule has 0 spiro atoms. The molecule has 0 aromatic rings. The number of aliphatic carboxylic acids is 1. The predicted octanol–water partition coefficient (Wildman–Crippen LogP) is -1.85. The van der Waals surface area contributed by atoms with E-state index in [2.05, 4.69) is 0 Å². The topological polar surface area (TPSA) is 124 Å². The molecule has 5 atom stereocenters. The van der Waals surface area contributed by atoms with Crippen LogP contribution in [0.4, 0.5) is 0 Å². The Bertz CT molecular complexity index is 240. The Balaban J connectivity index is 4.67. The van der Waals surface area contributed by atoms with Crippen molar-refractivity contribution in [2.45, 2.75) is 44.4 Å². The Morgan fingerprint density at radius 3 is 2.06 bits per heavy atom. The first-order chi connectivity index (χ1) is 7.31. The summed E-state index contributed by atoms with van der Waals surface area (Å²) in [6.07, 6.45) is -7.21. The van der Waals surface area contributed by atoms with Crippen LogP contribution in [-0.4, -0.2) is 63.2 Å². The van der Waals surface area contributed by atoms with Crippen molar-refractivity contribution < 1.29 is 34.8 Å². The van der Waals surface area contributed by atoms with Crippen molar-refractivity contribution in [3.05, 3.63) is 0 Å². The van der Waals surface area contributed by atoms with Crippen LogP contribution in [0.2, 0.25) is 0 Å². The number of aliphatic hydroxyl groups excluding tert-OH is 3. The fourth-order valence-corrected chi connectivity index (χ4v) is 1.01. The Morgan fingerprint density at radius 1 is 1.25 bits per heavy atom. The van der Waals surface area contributed by atoms with Gasteiger partial charge in [0.25, 0.3) is 0 Å². The van der Waals surface area contributed by atoms with E-state index < -0.39 is 36.5 Å². The zero-order valence-electron chi connectivity index (χ0n) is 8.98. The molecule has 7 heteroatoms. The van der Waals surface area contributed by atoms with Crippen molar-refractivity contribution >= 4 is 12.3 Å². The lowest BCUT2D eigenvalue weighted by atomic mass is 10.0. The van der Waals surface area contributed by atoms with Crippen LogP contribution in [0.5, 0.6) is 0 Å². The van der Waals surface area contributed by atoms with E-state index in [1.165, 1.54) is 13.8 Å². The average molecular weight is 236 g/mol. The Kier molecular flexibility index (Phi) is 6.12. The lowest BCUT2D eigenvalue weighted by Gasteiger charge is -2.28. The summed E-state index contributed by atoms with van der Waals surface area (Å²) in [7, 11) is 0. The van der Waals surface area contributed by atoms with Crippen molar-refractivity contribution in [3.8, 4) is 0 Å². The van der Waals surface area contributed by atoms with Crippen molar-refractivity contribution in [1.82, 2.24) is 0 Å². The number of hydrogen-bond acceptors (Lipinski definition) is 6. The quantitative estimate of drug-likeness (QED) is 0.382. The molecule has 0 aliphatic heterocycles. The lowest BCUT2D eigenvalue weighted by Crippen LogP contribution is -2.48. The Hall–Kier alpha value is -1.02. The van der Waals surface area contributed by atoms with Crippen LogP contribution in [-0.2, 0) is 14.3 Å². The van der Waals surface area contributed by atoms with Crippen molar-refractivity contribution in [2.24, 2.45) is 0 Å². The fraction of sp³-hybridized carbons (Fsp3) is 0.778. The van der Waals surface area contributed by atoms with Crippen LogP contribution in [0, 0.1) is 0 Å². The summed E-state index contributed by atoms with van der Waals surface area (Å²) in [6, 6.07) is 0. The summed E-state index contributed by atoms with van der Waals surface area (Å²) in [5.74, 6) is -1.30. The molecule has 0 saturated carbocycles. The molecule has 4 N–H and O–H groups in total. The van der Waals surface area contributed by atoms with E-state index in [9.17, 15) is 19.8 Å². The Morgan fingerprint density at radius 2 is 1.75 bits per heavy atom. The molecule has 0 aliphatic carbocycles. The summed E-state index contributed by atoms with van der Waals surface area (Å²) < 4.78 is 4.80. The molecule has 0 aliphatic rings. The van der Waals surface area contributed by atoms with Crippen LogP contribution < -0.4 is 0 Å². The van der Waals surface area contributed by atoms with Crippen LogP contribution in [0.3, 0.4) is 0 Å². The molecule has 0 fully saturated rings. The van der Waals surface area contributed by atoms with Crippen LogP contribution in [0.25, 0.3) is 0 Å². The number of rotatable bonds is 7. The zero-order valence-corrected chi connectivity index (χ0v) is 8.98. The van der Waals surface area contributed by atoms with Gasteiger partial charge in [-0.3, -0.25) is 0 Å². The number of carboxylic acids is 1. The highest BCUT2D eigenvalue weighted by molar-refractivity contribution is 5.71. The maximum atomic E-state index is 10.5. The monoisotopic (exact) mass is 236 g/mol. The Labute approximate surface area is 92.3 Å². The highest BCUT2D eigenvalue weighted by Gasteiger charge is 2.33. The first-order valence-corrected chi connectivity index (χ1v) is 4.69. The van der Waals surface area contributed by atoms with Crippen LogP contribution in [0.1, 0.15) is 13.8 Å². The summed E-state index contributed by atoms with van der Waals surface area (Å²) in [4.78, 5) is 20.9. The number of carboxylic acid groups (broad SMARTS) is 1. The average Bonchev–Trinajstić information content (AvgIpc) is 2.23. The van der Waals surface area contributed by atoms with Crippen molar-refractivity contribution in [3.63, 3.8) is 0 Å². The lowest BCUT2D eigenvalue weighted by molar-refractivity contribution is -0.175. The first-order valence-electron chi connectivity index (χ1n) is 4.69. The van der Waals surface area contributed by atoms with E-state index in [4.69, 9.17) is 14.9 Å². The number of ether oxygens (including phenoxy) is 1. The predicted molar refractivity (Wildman–Crippen MR) is 51.7 cm³/mol. The number of carbonyl (C=O) groups excluding carboxylic acids is 1. The minimum Gasteiger partial charge on any atom is -0.479 e. The van der Waals surface area contributed by atoms with Gasteiger partial charge in [-0.05, 0) is 13.8 Å².